The Morgan fingerprint density at radius 3 is 2.40 bits per heavy atom. The fourth-order valence-corrected chi connectivity index (χ4v) is 4.10. The van der Waals surface area contributed by atoms with Gasteiger partial charge in [0.1, 0.15) is 7.05 Å². The first-order chi connectivity index (χ1) is 14.5. The average Bonchev–Trinajstić information content (AvgIpc) is 3.12. The van der Waals surface area contributed by atoms with Crippen molar-refractivity contribution in [2.24, 2.45) is 7.05 Å². The average molecular weight is 394 g/mol. The van der Waals surface area contributed by atoms with E-state index in [9.17, 15) is 0 Å². The van der Waals surface area contributed by atoms with Gasteiger partial charge in [-0.15, -0.1) is 0 Å². The van der Waals surface area contributed by atoms with Crippen LogP contribution in [0.5, 0.6) is 0 Å². The van der Waals surface area contributed by atoms with Gasteiger partial charge in [-0.25, -0.2) is 9.55 Å². The molecule has 0 aliphatic heterocycles. The van der Waals surface area contributed by atoms with Crippen LogP contribution >= 0.6 is 0 Å². The summed E-state index contributed by atoms with van der Waals surface area (Å²) in [5.74, 6) is 0.365. The van der Waals surface area contributed by atoms with E-state index in [1.54, 1.807) is 0 Å². The van der Waals surface area contributed by atoms with Gasteiger partial charge in [0.25, 0.3) is 0 Å². The van der Waals surface area contributed by atoms with Crippen LogP contribution in [0, 0.1) is 6.92 Å². The highest BCUT2D eigenvalue weighted by molar-refractivity contribution is 6.08. The second-order valence-electron chi connectivity index (χ2n) is 8.26. The van der Waals surface area contributed by atoms with Crippen LogP contribution in [0.15, 0.2) is 77.3 Å². The van der Waals surface area contributed by atoms with Crippen molar-refractivity contribution in [3.63, 3.8) is 0 Å². The Balaban J connectivity index is 1.78. The third-order valence-corrected chi connectivity index (χ3v) is 5.84. The molecule has 0 unspecified atom stereocenters. The molecule has 0 saturated heterocycles. The van der Waals surface area contributed by atoms with Crippen molar-refractivity contribution in [2.75, 3.05) is 0 Å². The lowest BCUT2D eigenvalue weighted by atomic mass is 9.98. The van der Waals surface area contributed by atoms with Crippen LogP contribution in [0.3, 0.4) is 0 Å². The fourth-order valence-electron chi connectivity index (χ4n) is 4.10. The molecule has 5 aromatic rings. The number of hydrogen-bond donors (Lipinski definition) is 0. The van der Waals surface area contributed by atoms with Crippen LogP contribution < -0.4 is 4.57 Å². The molecule has 0 amide bonds. The highest BCUT2D eigenvalue weighted by Crippen LogP contribution is 2.37. The van der Waals surface area contributed by atoms with E-state index in [4.69, 9.17) is 9.40 Å². The molecule has 0 spiro atoms. The molecule has 0 fully saturated rings. The molecule has 0 bridgehead atoms. The molecule has 5 rings (SSSR count). The van der Waals surface area contributed by atoms with Gasteiger partial charge < -0.3 is 4.42 Å². The summed E-state index contributed by atoms with van der Waals surface area (Å²) in [5, 5.41) is 2.18. The predicted molar refractivity (Wildman–Crippen MR) is 122 cm³/mol. The number of benzene rings is 2. The number of aromatic nitrogens is 2. The number of rotatable bonds is 3. The van der Waals surface area contributed by atoms with Crippen molar-refractivity contribution in [2.45, 2.75) is 26.7 Å². The molecule has 0 N–H and O–H groups in total. The molecule has 3 heterocycles. The van der Waals surface area contributed by atoms with E-state index in [1.165, 1.54) is 16.7 Å². The zero-order chi connectivity index (χ0) is 20.8. The monoisotopic (exact) mass is 393 g/mol. The minimum absolute atomic E-state index is 0.365. The van der Waals surface area contributed by atoms with E-state index < -0.39 is 0 Å². The lowest BCUT2D eigenvalue weighted by Gasteiger charge is -2.08. The molecule has 3 heteroatoms. The van der Waals surface area contributed by atoms with Gasteiger partial charge in [0.05, 0.1) is 5.56 Å². The number of nitrogens with zero attached hydrogens (tertiary/aromatic N) is 2. The molecule has 0 atom stereocenters. The molecular weight excluding hydrogens is 368 g/mol. The van der Waals surface area contributed by atoms with Crippen molar-refractivity contribution < 1.29 is 8.98 Å². The van der Waals surface area contributed by atoms with Gasteiger partial charge in [0, 0.05) is 28.6 Å². The first-order valence-electron chi connectivity index (χ1n) is 10.4. The maximum absolute atomic E-state index is 6.39. The molecule has 0 radical (unpaired) electrons. The molecule has 3 aromatic heterocycles. The molecule has 2 aromatic carbocycles. The SMILES string of the molecule is Cc1ccc2c(oc3nc(C(C)C)ccc32)c1-c1cc(-c2ccccc2)cc[n+]1C. The summed E-state index contributed by atoms with van der Waals surface area (Å²) in [6.45, 7) is 6.45. The van der Waals surface area contributed by atoms with Crippen molar-refractivity contribution in [1.29, 1.82) is 0 Å². The summed E-state index contributed by atoms with van der Waals surface area (Å²) >= 11 is 0. The summed E-state index contributed by atoms with van der Waals surface area (Å²) in [7, 11) is 2.08. The van der Waals surface area contributed by atoms with Crippen molar-refractivity contribution in [1.82, 2.24) is 4.98 Å². The maximum Gasteiger partial charge on any atom is 0.227 e. The van der Waals surface area contributed by atoms with Gasteiger partial charge in [-0.3, -0.25) is 0 Å². The number of pyridine rings is 2. The van der Waals surface area contributed by atoms with E-state index in [1.807, 2.05) is 6.07 Å². The second-order valence-corrected chi connectivity index (χ2v) is 8.26. The molecule has 3 nitrogen and oxygen atoms in total. The van der Waals surface area contributed by atoms with E-state index in [0.717, 1.165) is 33.3 Å². The quantitative estimate of drug-likeness (QED) is 0.324. The lowest BCUT2D eigenvalue weighted by molar-refractivity contribution is -0.660. The Morgan fingerprint density at radius 2 is 1.63 bits per heavy atom. The van der Waals surface area contributed by atoms with Gasteiger partial charge in [-0.2, -0.15) is 0 Å². The van der Waals surface area contributed by atoms with E-state index in [2.05, 4.69) is 99.2 Å². The lowest BCUT2D eigenvalue weighted by Crippen LogP contribution is -2.30. The smallest absolute Gasteiger partial charge is 0.227 e. The maximum atomic E-state index is 6.39. The topological polar surface area (TPSA) is 29.9 Å². The van der Waals surface area contributed by atoms with Gasteiger partial charge in [-0.1, -0.05) is 56.3 Å². The molecule has 0 aliphatic rings. The van der Waals surface area contributed by atoms with Crippen LogP contribution in [0.2, 0.25) is 0 Å². The number of furan rings is 1. The Bertz CT molecular complexity index is 1380. The first kappa shape index (κ1) is 18.6. The molecule has 148 valence electrons. The summed E-state index contributed by atoms with van der Waals surface area (Å²) in [4.78, 5) is 4.79. The zero-order valence-corrected chi connectivity index (χ0v) is 17.8. The van der Waals surface area contributed by atoms with Crippen LogP contribution in [-0.2, 0) is 7.05 Å². The Kier molecular flexibility index (Phi) is 4.39. The Morgan fingerprint density at radius 1 is 0.867 bits per heavy atom. The summed E-state index contributed by atoms with van der Waals surface area (Å²) in [6.07, 6.45) is 2.12. The van der Waals surface area contributed by atoms with E-state index >= 15 is 0 Å². The van der Waals surface area contributed by atoms with E-state index in [-0.39, 0.29) is 0 Å². The van der Waals surface area contributed by atoms with E-state index in [0.29, 0.717) is 11.6 Å². The largest absolute Gasteiger partial charge is 0.437 e. The molecule has 0 aliphatic carbocycles. The van der Waals surface area contributed by atoms with Crippen molar-refractivity contribution >= 4 is 22.1 Å². The summed E-state index contributed by atoms with van der Waals surface area (Å²) in [5.41, 5.74) is 8.50. The normalized spacial score (nSPS) is 11.6. The summed E-state index contributed by atoms with van der Waals surface area (Å²) in [6, 6.07) is 23.5. The van der Waals surface area contributed by atoms with Gasteiger partial charge in [0.2, 0.25) is 11.4 Å². The van der Waals surface area contributed by atoms with Gasteiger partial charge in [-0.05, 0) is 41.7 Å². The van der Waals surface area contributed by atoms with Crippen LogP contribution in [-0.4, -0.2) is 4.98 Å². The number of hydrogen-bond acceptors (Lipinski definition) is 2. The molecular formula is C27H25N2O+. The fraction of sp³-hybridized carbons (Fsp3) is 0.185. The second kappa shape index (κ2) is 7.10. The van der Waals surface area contributed by atoms with Crippen molar-refractivity contribution in [3.05, 3.63) is 84.2 Å². The first-order valence-corrected chi connectivity index (χ1v) is 10.4. The van der Waals surface area contributed by atoms with Crippen LogP contribution in [0.25, 0.3) is 44.5 Å². The highest BCUT2D eigenvalue weighted by atomic mass is 16.3. The highest BCUT2D eigenvalue weighted by Gasteiger charge is 2.22. The third-order valence-electron chi connectivity index (χ3n) is 5.84. The number of fused-ring (bicyclic) bond motifs is 3. The van der Waals surface area contributed by atoms with Crippen LogP contribution in [0.1, 0.15) is 31.0 Å². The third kappa shape index (κ3) is 2.98. The zero-order valence-electron chi connectivity index (χ0n) is 17.8. The van der Waals surface area contributed by atoms with Gasteiger partial charge >= 0.3 is 0 Å². The van der Waals surface area contributed by atoms with Gasteiger partial charge in [0.15, 0.2) is 11.8 Å². The molecule has 0 saturated carbocycles. The Labute approximate surface area is 176 Å². The molecule has 30 heavy (non-hydrogen) atoms. The number of aryl methyl sites for hydroxylation is 2. The standard InChI is InChI=1S/C27H25N2O/c1-17(2)23-13-12-22-21-11-10-18(3)25(26(21)30-27(22)28-23)24-16-20(14-15-29(24)4)19-8-6-5-7-9-19/h5-17H,1-4H3/q+1. The summed E-state index contributed by atoms with van der Waals surface area (Å²) < 4.78 is 8.55. The Hall–Kier alpha value is -3.46. The minimum atomic E-state index is 0.365. The predicted octanol–water partition coefficient (Wildman–Crippen LogP) is 6.57. The van der Waals surface area contributed by atoms with Crippen molar-refractivity contribution in [3.8, 4) is 22.4 Å². The minimum Gasteiger partial charge on any atom is -0.437 e. The van der Waals surface area contributed by atoms with Crippen LogP contribution in [0.4, 0.5) is 0 Å².